The molecule has 0 radical (unpaired) electrons. The van der Waals surface area contributed by atoms with Crippen molar-refractivity contribution in [2.45, 2.75) is 37.8 Å². The van der Waals surface area contributed by atoms with Gasteiger partial charge in [0.05, 0.1) is 18.8 Å². The molecule has 2 N–H and O–H groups in total. The molecule has 1 aliphatic heterocycles. The van der Waals surface area contributed by atoms with Gasteiger partial charge >= 0.3 is 0 Å². The van der Waals surface area contributed by atoms with E-state index in [0.29, 0.717) is 13.0 Å². The van der Waals surface area contributed by atoms with Crippen LogP contribution in [0.1, 0.15) is 13.3 Å². The highest BCUT2D eigenvalue weighted by atomic mass is 16.5. The van der Waals surface area contributed by atoms with Gasteiger partial charge < -0.3 is 19.7 Å². The van der Waals surface area contributed by atoms with Crippen molar-refractivity contribution < 1.29 is 19.7 Å². The van der Waals surface area contributed by atoms with Crippen molar-refractivity contribution >= 4 is 0 Å². The molecular formula is C8H16O4. The summed E-state index contributed by atoms with van der Waals surface area (Å²) in [6.45, 7) is 2.19. The van der Waals surface area contributed by atoms with Crippen LogP contribution in [0.25, 0.3) is 0 Å². The monoisotopic (exact) mass is 176 g/mol. The van der Waals surface area contributed by atoms with Crippen LogP contribution >= 0.6 is 0 Å². The third-order valence-electron chi connectivity index (χ3n) is 2.09. The highest BCUT2D eigenvalue weighted by molar-refractivity contribution is 4.83. The van der Waals surface area contributed by atoms with E-state index in [4.69, 9.17) is 9.47 Å². The summed E-state index contributed by atoms with van der Waals surface area (Å²) in [4.78, 5) is 0. The maximum absolute atomic E-state index is 9.43. The molecule has 1 heterocycles. The number of aliphatic hydroxyl groups is 2. The van der Waals surface area contributed by atoms with Crippen molar-refractivity contribution in [3.8, 4) is 0 Å². The molecule has 4 nitrogen and oxygen atoms in total. The van der Waals surface area contributed by atoms with E-state index < -0.39 is 18.3 Å². The number of aliphatic hydroxyl groups excluding tert-OH is 2. The molecule has 1 saturated heterocycles. The minimum absolute atomic E-state index is 0.0106. The van der Waals surface area contributed by atoms with Crippen LogP contribution in [0.3, 0.4) is 0 Å². The van der Waals surface area contributed by atoms with Gasteiger partial charge in [-0.3, -0.25) is 0 Å². The third-order valence-corrected chi connectivity index (χ3v) is 2.09. The normalized spacial score (nSPS) is 43.0. The summed E-state index contributed by atoms with van der Waals surface area (Å²) in [7, 11) is 1.54. The van der Waals surface area contributed by atoms with Crippen LogP contribution in [0.2, 0.25) is 0 Å². The lowest BCUT2D eigenvalue weighted by molar-refractivity contribution is -0.177. The minimum Gasteiger partial charge on any atom is -0.390 e. The Morgan fingerprint density at radius 2 is 2.17 bits per heavy atom. The highest BCUT2D eigenvalue weighted by Gasteiger charge is 2.34. The molecule has 1 fully saturated rings. The molecule has 0 bridgehead atoms. The highest BCUT2D eigenvalue weighted by Crippen LogP contribution is 2.19. The first-order valence-corrected chi connectivity index (χ1v) is 4.15. The fourth-order valence-electron chi connectivity index (χ4n) is 1.46. The van der Waals surface area contributed by atoms with Crippen molar-refractivity contribution in [3.05, 3.63) is 0 Å². The summed E-state index contributed by atoms with van der Waals surface area (Å²) in [5, 5.41) is 18.8. The van der Waals surface area contributed by atoms with Crippen LogP contribution in [-0.2, 0) is 9.47 Å². The summed E-state index contributed by atoms with van der Waals surface area (Å²) in [5.74, 6) is 0. The fourth-order valence-corrected chi connectivity index (χ4v) is 1.46. The number of hydrogen-bond donors (Lipinski definition) is 2. The van der Waals surface area contributed by atoms with Gasteiger partial charge in [-0.05, 0) is 6.92 Å². The molecular weight excluding hydrogens is 160 g/mol. The van der Waals surface area contributed by atoms with Crippen molar-refractivity contribution in [1.29, 1.82) is 0 Å². The molecule has 0 spiro atoms. The van der Waals surface area contributed by atoms with E-state index in [-0.39, 0.29) is 6.10 Å². The Kier molecular flexibility index (Phi) is 3.46. The topological polar surface area (TPSA) is 58.9 Å². The summed E-state index contributed by atoms with van der Waals surface area (Å²) in [5.41, 5.74) is 0. The molecule has 1 aliphatic rings. The maximum atomic E-state index is 9.43. The van der Waals surface area contributed by atoms with Gasteiger partial charge in [0.15, 0.2) is 0 Å². The Bertz CT molecular complexity index is 139. The minimum atomic E-state index is -0.818. The van der Waals surface area contributed by atoms with Gasteiger partial charge in [0.1, 0.15) is 12.2 Å². The van der Waals surface area contributed by atoms with E-state index in [1.165, 1.54) is 0 Å². The van der Waals surface area contributed by atoms with E-state index in [1.54, 1.807) is 7.11 Å². The predicted octanol–water partition coefficient (Wildman–Crippen LogP) is -0.468. The van der Waals surface area contributed by atoms with Crippen molar-refractivity contribution in [3.63, 3.8) is 0 Å². The standard InChI is InChI=1S/C8H16O4/c1-5-3-6(9)8(10)7(12-5)4-11-2/h5-10H,3-4H2,1-2H3/t5?,6?,7?,8-/m0/s1. The van der Waals surface area contributed by atoms with Gasteiger partial charge in [0.25, 0.3) is 0 Å². The molecule has 72 valence electrons. The van der Waals surface area contributed by atoms with E-state index in [9.17, 15) is 10.2 Å². The second-order valence-corrected chi connectivity index (χ2v) is 3.23. The van der Waals surface area contributed by atoms with Gasteiger partial charge in [-0.15, -0.1) is 0 Å². The van der Waals surface area contributed by atoms with Crippen LogP contribution < -0.4 is 0 Å². The van der Waals surface area contributed by atoms with Gasteiger partial charge in [-0.2, -0.15) is 0 Å². The second-order valence-electron chi connectivity index (χ2n) is 3.23. The van der Waals surface area contributed by atoms with Gasteiger partial charge in [0, 0.05) is 13.5 Å². The lowest BCUT2D eigenvalue weighted by Gasteiger charge is -2.35. The first kappa shape index (κ1) is 9.92. The second kappa shape index (κ2) is 4.18. The average molecular weight is 176 g/mol. The molecule has 12 heavy (non-hydrogen) atoms. The summed E-state index contributed by atoms with van der Waals surface area (Å²) >= 11 is 0. The summed E-state index contributed by atoms with van der Waals surface area (Å²) in [6.07, 6.45) is -1.42. The molecule has 1 rings (SSSR count). The molecule has 0 aromatic heterocycles. The first-order valence-electron chi connectivity index (χ1n) is 4.15. The van der Waals surface area contributed by atoms with E-state index in [0.717, 1.165) is 0 Å². The largest absolute Gasteiger partial charge is 0.390 e. The first-order chi connectivity index (χ1) is 5.65. The Hall–Kier alpha value is -0.160. The van der Waals surface area contributed by atoms with Crippen LogP contribution in [0.15, 0.2) is 0 Å². The van der Waals surface area contributed by atoms with E-state index >= 15 is 0 Å². The number of rotatable bonds is 2. The smallest absolute Gasteiger partial charge is 0.110 e. The summed E-state index contributed by atoms with van der Waals surface area (Å²) in [6, 6.07) is 0. The Labute approximate surface area is 72.1 Å². The number of ether oxygens (including phenoxy) is 2. The van der Waals surface area contributed by atoms with Gasteiger partial charge in [0.2, 0.25) is 0 Å². The third kappa shape index (κ3) is 2.17. The van der Waals surface area contributed by atoms with Gasteiger partial charge in [-0.1, -0.05) is 0 Å². The summed E-state index contributed by atoms with van der Waals surface area (Å²) < 4.78 is 10.2. The zero-order chi connectivity index (χ0) is 9.14. The van der Waals surface area contributed by atoms with Crippen LogP contribution in [0, 0.1) is 0 Å². The van der Waals surface area contributed by atoms with Crippen molar-refractivity contribution in [1.82, 2.24) is 0 Å². The molecule has 3 unspecified atom stereocenters. The molecule has 0 saturated carbocycles. The predicted molar refractivity (Wildman–Crippen MR) is 42.8 cm³/mol. The SMILES string of the molecule is COCC1OC(C)CC(O)[C@@H]1O. The zero-order valence-electron chi connectivity index (χ0n) is 7.43. The van der Waals surface area contributed by atoms with E-state index in [2.05, 4.69) is 0 Å². The van der Waals surface area contributed by atoms with Crippen molar-refractivity contribution in [2.24, 2.45) is 0 Å². The maximum Gasteiger partial charge on any atom is 0.110 e. The lowest BCUT2D eigenvalue weighted by Crippen LogP contribution is -2.49. The van der Waals surface area contributed by atoms with Crippen LogP contribution in [-0.4, -0.2) is 48.3 Å². The Morgan fingerprint density at radius 3 is 2.75 bits per heavy atom. The van der Waals surface area contributed by atoms with Crippen molar-refractivity contribution in [2.75, 3.05) is 13.7 Å². The van der Waals surface area contributed by atoms with E-state index in [1.807, 2.05) is 6.92 Å². The number of hydrogen-bond acceptors (Lipinski definition) is 4. The molecule has 4 atom stereocenters. The molecule has 4 heteroatoms. The van der Waals surface area contributed by atoms with Gasteiger partial charge in [-0.25, -0.2) is 0 Å². The zero-order valence-corrected chi connectivity index (χ0v) is 7.43. The molecule has 0 amide bonds. The quantitative estimate of drug-likeness (QED) is 0.597. The molecule has 0 aromatic carbocycles. The lowest BCUT2D eigenvalue weighted by atomic mass is 9.99. The Morgan fingerprint density at radius 1 is 1.50 bits per heavy atom. The fraction of sp³-hybridized carbons (Fsp3) is 1.00. The molecule has 0 aromatic rings. The average Bonchev–Trinajstić information content (AvgIpc) is 2.00. The Balaban J connectivity index is 2.47. The van der Waals surface area contributed by atoms with Crippen LogP contribution in [0.5, 0.6) is 0 Å². The van der Waals surface area contributed by atoms with Crippen LogP contribution in [0.4, 0.5) is 0 Å². The molecule has 0 aliphatic carbocycles. The number of methoxy groups -OCH3 is 1.